The molecule has 0 spiro atoms. The largest absolute Gasteiger partial charge is 0.469 e. The number of nitrogens with zero attached hydrogens (tertiary/aromatic N) is 1. The SMILES string of the molecule is COC(=O)CC1C(=O)NCC(C)CN1C(C)C. The van der Waals surface area contributed by atoms with E-state index in [4.69, 9.17) is 0 Å². The molecular weight excluding hydrogens is 220 g/mol. The summed E-state index contributed by atoms with van der Waals surface area (Å²) in [6.07, 6.45) is 0.118. The summed E-state index contributed by atoms with van der Waals surface area (Å²) >= 11 is 0. The van der Waals surface area contributed by atoms with Gasteiger partial charge < -0.3 is 10.1 Å². The molecule has 1 rings (SSSR count). The Morgan fingerprint density at radius 1 is 1.59 bits per heavy atom. The number of methoxy groups -OCH3 is 1. The lowest BCUT2D eigenvalue weighted by atomic mass is 10.1. The zero-order valence-electron chi connectivity index (χ0n) is 11.0. The van der Waals surface area contributed by atoms with Crippen LogP contribution in [-0.4, -0.2) is 49.1 Å². The Morgan fingerprint density at radius 3 is 2.76 bits per heavy atom. The average Bonchev–Trinajstić information content (AvgIpc) is 2.41. The number of rotatable bonds is 3. The van der Waals surface area contributed by atoms with Gasteiger partial charge in [0, 0.05) is 19.1 Å². The maximum atomic E-state index is 12.0. The molecule has 2 unspecified atom stereocenters. The predicted molar refractivity (Wildman–Crippen MR) is 64.4 cm³/mol. The predicted octanol–water partition coefficient (Wildman–Crippen LogP) is 0.394. The number of amides is 1. The first kappa shape index (κ1) is 14.0. The van der Waals surface area contributed by atoms with Crippen LogP contribution in [0.4, 0.5) is 0 Å². The summed E-state index contributed by atoms with van der Waals surface area (Å²) in [5, 5.41) is 2.87. The summed E-state index contributed by atoms with van der Waals surface area (Å²) in [7, 11) is 1.35. The van der Waals surface area contributed by atoms with Crippen LogP contribution in [0.5, 0.6) is 0 Å². The molecule has 2 atom stereocenters. The fourth-order valence-corrected chi connectivity index (χ4v) is 2.12. The number of hydrogen-bond donors (Lipinski definition) is 1. The molecule has 5 heteroatoms. The third kappa shape index (κ3) is 3.70. The summed E-state index contributed by atoms with van der Waals surface area (Å²) in [5.74, 6) is -0.0252. The molecule has 1 N–H and O–H groups in total. The molecule has 0 radical (unpaired) electrons. The van der Waals surface area contributed by atoms with Crippen molar-refractivity contribution in [1.29, 1.82) is 0 Å². The van der Waals surface area contributed by atoms with Crippen molar-refractivity contribution >= 4 is 11.9 Å². The highest BCUT2D eigenvalue weighted by atomic mass is 16.5. The van der Waals surface area contributed by atoms with Gasteiger partial charge in [0.1, 0.15) is 0 Å². The Balaban J connectivity index is 2.84. The third-order valence-electron chi connectivity index (χ3n) is 3.10. The lowest BCUT2D eigenvalue weighted by Crippen LogP contribution is -2.48. The molecule has 17 heavy (non-hydrogen) atoms. The molecule has 0 aliphatic carbocycles. The second-order valence-corrected chi connectivity index (χ2v) is 4.94. The zero-order valence-corrected chi connectivity index (χ0v) is 11.0. The molecule has 0 aromatic carbocycles. The van der Waals surface area contributed by atoms with E-state index in [1.165, 1.54) is 7.11 Å². The van der Waals surface area contributed by atoms with Crippen LogP contribution >= 0.6 is 0 Å². The van der Waals surface area contributed by atoms with E-state index in [0.717, 1.165) is 6.54 Å². The van der Waals surface area contributed by atoms with Crippen molar-refractivity contribution in [2.75, 3.05) is 20.2 Å². The Bertz CT molecular complexity index is 291. The van der Waals surface area contributed by atoms with Crippen molar-refractivity contribution in [3.05, 3.63) is 0 Å². The molecule has 1 amide bonds. The Morgan fingerprint density at radius 2 is 2.24 bits per heavy atom. The van der Waals surface area contributed by atoms with Gasteiger partial charge in [-0.15, -0.1) is 0 Å². The fourth-order valence-electron chi connectivity index (χ4n) is 2.12. The lowest BCUT2D eigenvalue weighted by molar-refractivity contribution is -0.145. The zero-order chi connectivity index (χ0) is 13.0. The van der Waals surface area contributed by atoms with Gasteiger partial charge in [0.05, 0.1) is 19.6 Å². The first-order chi connectivity index (χ1) is 7.95. The highest BCUT2D eigenvalue weighted by molar-refractivity contribution is 5.86. The normalized spacial score (nSPS) is 26.5. The van der Waals surface area contributed by atoms with Crippen molar-refractivity contribution in [3.63, 3.8) is 0 Å². The van der Waals surface area contributed by atoms with E-state index >= 15 is 0 Å². The summed E-state index contributed by atoms with van der Waals surface area (Å²) in [5.41, 5.74) is 0. The molecular formula is C12H22N2O3. The van der Waals surface area contributed by atoms with Gasteiger partial charge in [-0.2, -0.15) is 0 Å². The van der Waals surface area contributed by atoms with Crippen LogP contribution in [0.2, 0.25) is 0 Å². The van der Waals surface area contributed by atoms with Gasteiger partial charge in [-0.1, -0.05) is 6.92 Å². The van der Waals surface area contributed by atoms with Crippen LogP contribution in [0.25, 0.3) is 0 Å². The first-order valence-electron chi connectivity index (χ1n) is 6.06. The van der Waals surface area contributed by atoms with Gasteiger partial charge in [0.25, 0.3) is 0 Å². The topological polar surface area (TPSA) is 58.6 Å². The fraction of sp³-hybridized carbons (Fsp3) is 0.833. The van der Waals surface area contributed by atoms with Gasteiger partial charge in [-0.25, -0.2) is 0 Å². The standard InChI is InChI=1S/C12H22N2O3/c1-8(2)14-7-9(3)6-13-12(16)10(14)5-11(15)17-4/h8-10H,5-7H2,1-4H3,(H,13,16). The molecule has 0 aromatic rings. The van der Waals surface area contributed by atoms with Gasteiger partial charge in [-0.3, -0.25) is 14.5 Å². The molecule has 5 nitrogen and oxygen atoms in total. The van der Waals surface area contributed by atoms with E-state index in [0.29, 0.717) is 12.5 Å². The molecule has 1 aliphatic heterocycles. The minimum Gasteiger partial charge on any atom is -0.469 e. The summed E-state index contributed by atoms with van der Waals surface area (Å²) in [4.78, 5) is 25.4. The summed E-state index contributed by atoms with van der Waals surface area (Å²) < 4.78 is 4.65. The maximum Gasteiger partial charge on any atom is 0.307 e. The second kappa shape index (κ2) is 6.00. The number of ether oxygens (including phenoxy) is 1. The Kier molecular flexibility index (Phi) is 4.93. The minimum absolute atomic E-state index is 0.0755. The van der Waals surface area contributed by atoms with Crippen LogP contribution in [-0.2, 0) is 14.3 Å². The molecule has 0 aromatic heterocycles. The quantitative estimate of drug-likeness (QED) is 0.728. The van der Waals surface area contributed by atoms with E-state index in [-0.39, 0.29) is 24.3 Å². The lowest BCUT2D eigenvalue weighted by Gasteiger charge is -2.32. The number of nitrogens with one attached hydrogen (secondary N) is 1. The van der Waals surface area contributed by atoms with Crippen LogP contribution < -0.4 is 5.32 Å². The molecule has 98 valence electrons. The average molecular weight is 242 g/mol. The van der Waals surface area contributed by atoms with Gasteiger partial charge in [-0.05, 0) is 19.8 Å². The van der Waals surface area contributed by atoms with E-state index in [1.807, 2.05) is 13.8 Å². The van der Waals surface area contributed by atoms with Crippen molar-refractivity contribution in [1.82, 2.24) is 10.2 Å². The highest BCUT2D eigenvalue weighted by Gasteiger charge is 2.33. The van der Waals surface area contributed by atoms with Crippen molar-refractivity contribution in [3.8, 4) is 0 Å². The van der Waals surface area contributed by atoms with Crippen molar-refractivity contribution in [2.45, 2.75) is 39.3 Å². The van der Waals surface area contributed by atoms with E-state index in [2.05, 4.69) is 21.9 Å². The molecule has 1 heterocycles. The van der Waals surface area contributed by atoms with E-state index in [1.54, 1.807) is 0 Å². The first-order valence-corrected chi connectivity index (χ1v) is 6.06. The monoisotopic (exact) mass is 242 g/mol. The summed E-state index contributed by atoms with van der Waals surface area (Å²) in [6.45, 7) is 7.65. The van der Waals surface area contributed by atoms with E-state index in [9.17, 15) is 9.59 Å². The van der Waals surface area contributed by atoms with Crippen LogP contribution in [0.1, 0.15) is 27.2 Å². The van der Waals surface area contributed by atoms with Crippen molar-refractivity contribution < 1.29 is 14.3 Å². The van der Waals surface area contributed by atoms with Crippen molar-refractivity contribution in [2.24, 2.45) is 5.92 Å². The highest BCUT2D eigenvalue weighted by Crippen LogP contribution is 2.16. The molecule has 0 bridgehead atoms. The smallest absolute Gasteiger partial charge is 0.307 e. The molecule has 1 aliphatic rings. The molecule has 1 fully saturated rings. The van der Waals surface area contributed by atoms with Gasteiger partial charge >= 0.3 is 5.97 Å². The Labute approximate surface area is 102 Å². The van der Waals surface area contributed by atoms with Gasteiger partial charge in [0.2, 0.25) is 5.91 Å². The van der Waals surface area contributed by atoms with Crippen LogP contribution in [0, 0.1) is 5.92 Å². The minimum atomic E-state index is -0.410. The molecule has 1 saturated heterocycles. The number of carbonyl (C=O) groups is 2. The maximum absolute atomic E-state index is 12.0. The van der Waals surface area contributed by atoms with Gasteiger partial charge in [0.15, 0.2) is 0 Å². The van der Waals surface area contributed by atoms with Crippen LogP contribution in [0.15, 0.2) is 0 Å². The number of carbonyl (C=O) groups excluding carboxylic acids is 2. The Hall–Kier alpha value is -1.10. The van der Waals surface area contributed by atoms with Crippen LogP contribution in [0.3, 0.4) is 0 Å². The summed E-state index contributed by atoms with van der Waals surface area (Å²) in [6, 6.07) is -0.177. The number of hydrogen-bond acceptors (Lipinski definition) is 4. The second-order valence-electron chi connectivity index (χ2n) is 4.94. The number of esters is 1. The van der Waals surface area contributed by atoms with E-state index < -0.39 is 6.04 Å². The third-order valence-corrected chi connectivity index (χ3v) is 3.10. The molecule has 0 saturated carbocycles.